The minimum absolute atomic E-state index is 0.0352. The Morgan fingerprint density at radius 3 is 2.96 bits per heavy atom. The molecule has 8 nitrogen and oxygen atoms in total. The van der Waals surface area contributed by atoms with Crippen LogP contribution < -0.4 is 5.32 Å². The first-order valence-corrected chi connectivity index (χ1v) is 10.1. The minimum atomic E-state index is -2.91. The lowest BCUT2D eigenvalue weighted by atomic mass is 10.1. The summed E-state index contributed by atoms with van der Waals surface area (Å²) in [5.74, 6) is 0.728. The van der Waals surface area contributed by atoms with Crippen molar-refractivity contribution in [3.05, 3.63) is 5.89 Å². The fraction of sp³-hybridized carbons (Fsp3) is 0.769. The van der Waals surface area contributed by atoms with E-state index in [1.165, 1.54) is 11.8 Å². The summed E-state index contributed by atoms with van der Waals surface area (Å²) in [5.41, 5.74) is 0. The van der Waals surface area contributed by atoms with Gasteiger partial charge in [-0.15, -0.1) is 10.2 Å². The van der Waals surface area contributed by atoms with Gasteiger partial charge in [-0.3, -0.25) is 4.79 Å². The maximum Gasteiger partial charge on any atom is 0.277 e. The van der Waals surface area contributed by atoms with Gasteiger partial charge < -0.3 is 14.5 Å². The zero-order valence-corrected chi connectivity index (χ0v) is 14.8. The number of thioether (sulfide) groups is 1. The zero-order valence-electron chi connectivity index (χ0n) is 13.1. The van der Waals surface area contributed by atoms with Gasteiger partial charge in [0.1, 0.15) is 0 Å². The lowest BCUT2D eigenvalue weighted by molar-refractivity contribution is -0.120. The van der Waals surface area contributed by atoms with Gasteiger partial charge in [0, 0.05) is 20.1 Å². The van der Waals surface area contributed by atoms with Crippen molar-refractivity contribution in [2.45, 2.75) is 30.2 Å². The second kappa shape index (κ2) is 8.11. The Bertz CT molecular complexity index is 631. The Labute approximate surface area is 139 Å². The molecule has 1 aliphatic rings. The molecule has 1 saturated heterocycles. The van der Waals surface area contributed by atoms with E-state index in [4.69, 9.17) is 9.15 Å². The number of carbonyl (C=O) groups excluding carboxylic acids is 1. The molecule has 130 valence electrons. The van der Waals surface area contributed by atoms with Crippen molar-refractivity contribution in [1.82, 2.24) is 15.5 Å². The quantitative estimate of drug-likeness (QED) is 0.518. The van der Waals surface area contributed by atoms with E-state index >= 15 is 0 Å². The van der Waals surface area contributed by atoms with Crippen LogP contribution in [0.3, 0.4) is 0 Å². The minimum Gasteiger partial charge on any atom is -0.416 e. The zero-order chi connectivity index (χ0) is 16.9. The largest absolute Gasteiger partial charge is 0.416 e. The van der Waals surface area contributed by atoms with E-state index in [2.05, 4.69) is 15.5 Å². The average molecular weight is 363 g/mol. The van der Waals surface area contributed by atoms with Crippen molar-refractivity contribution in [2.75, 3.05) is 31.8 Å². The van der Waals surface area contributed by atoms with Crippen LogP contribution in [-0.4, -0.2) is 61.5 Å². The summed E-state index contributed by atoms with van der Waals surface area (Å²) in [4.78, 5) is 11.8. The van der Waals surface area contributed by atoms with Gasteiger partial charge >= 0.3 is 0 Å². The fourth-order valence-corrected chi connectivity index (χ4v) is 4.86. The number of hydrogen-bond donors (Lipinski definition) is 1. The van der Waals surface area contributed by atoms with Crippen LogP contribution in [0.2, 0.25) is 0 Å². The summed E-state index contributed by atoms with van der Waals surface area (Å²) in [6.45, 7) is 2.66. The van der Waals surface area contributed by atoms with E-state index < -0.39 is 9.84 Å². The Balaban J connectivity index is 1.81. The molecule has 2 atom stereocenters. The molecule has 2 rings (SSSR count). The van der Waals surface area contributed by atoms with Crippen LogP contribution in [0.1, 0.15) is 19.2 Å². The van der Waals surface area contributed by atoms with Crippen LogP contribution in [-0.2, 0) is 25.8 Å². The predicted molar refractivity (Wildman–Crippen MR) is 85.0 cm³/mol. The highest BCUT2D eigenvalue weighted by molar-refractivity contribution is 8.00. The highest BCUT2D eigenvalue weighted by Crippen LogP contribution is 2.25. The Kier molecular flexibility index (Phi) is 6.42. The number of nitrogens with zero attached hydrogens (tertiary/aromatic N) is 2. The summed E-state index contributed by atoms with van der Waals surface area (Å²) in [7, 11) is -1.34. The SMILES string of the molecule is COCCNC(=O)[C@@H](C)Sc1nnc(C[C@H]2CCS(=O)(=O)C2)o1. The molecule has 0 unspecified atom stereocenters. The van der Waals surface area contributed by atoms with Crippen LogP contribution in [0.5, 0.6) is 0 Å². The molecular weight excluding hydrogens is 342 g/mol. The first kappa shape index (κ1) is 18.2. The maximum atomic E-state index is 11.8. The fourth-order valence-electron chi connectivity index (χ4n) is 2.27. The molecule has 23 heavy (non-hydrogen) atoms. The third-order valence-corrected chi connectivity index (χ3v) is 6.26. The van der Waals surface area contributed by atoms with Crippen molar-refractivity contribution in [1.29, 1.82) is 0 Å². The summed E-state index contributed by atoms with van der Waals surface area (Å²) < 4.78 is 33.2. The molecule has 0 saturated carbocycles. The van der Waals surface area contributed by atoms with E-state index in [0.717, 1.165) is 0 Å². The van der Waals surface area contributed by atoms with Crippen molar-refractivity contribution >= 4 is 27.5 Å². The molecule has 0 spiro atoms. The molecule has 0 bridgehead atoms. The smallest absolute Gasteiger partial charge is 0.277 e. The summed E-state index contributed by atoms with van der Waals surface area (Å²) in [6.07, 6.45) is 1.09. The van der Waals surface area contributed by atoms with E-state index in [0.29, 0.717) is 37.1 Å². The van der Waals surface area contributed by atoms with Gasteiger partial charge in [0.15, 0.2) is 9.84 Å². The topological polar surface area (TPSA) is 111 Å². The lowest BCUT2D eigenvalue weighted by Crippen LogP contribution is -2.33. The van der Waals surface area contributed by atoms with Crippen LogP contribution >= 0.6 is 11.8 Å². The number of nitrogens with one attached hydrogen (secondary N) is 1. The van der Waals surface area contributed by atoms with Gasteiger partial charge in [-0.05, 0) is 19.3 Å². The summed E-state index contributed by atoms with van der Waals surface area (Å²) >= 11 is 1.18. The van der Waals surface area contributed by atoms with Gasteiger partial charge in [-0.2, -0.15) is 0 Å². The standard InChI is InChI=1S/C13H21N3O5S2/c1-9(12(17)14-4-5-20-2)22-13-16-15-11(21-13)7-10-3-6-23(18,19)8-10/h9-10H,3-8H2,1-2H3,(H,14,17)/t9-,10-/m1/s1. The molecule has 2 heterocycles. The molecule has 1 fully saturated rings. The number of methoxy groups -OCH3 is 1. The number of aromatic nitrogens is 2. The summed E-state index contributed by atoms with van der Waals surface area (Å²) in [5, 5.41) is 10.5. The van der Waals surface area contributed by atoms with Gasteiger partial charge in [-0.25, -0.2) is 8.42 Å². The van der Waals surface area contributed by atoms with Crippen molar-refractivity contribution in [3.8, 4) is 0 Å². The predicted octanol–water partition coefficient (Wildman–Crippen LogP) is 0.290. The van der Waals surface area contributed by atoms with E-state index in [1.54, 1.807) is 14.0 Å². The molecule has 1 aromatic heterocycles. The first-order chi connectivity index (χ1) is 10.9. The molecule has 1 amide bonds. The first-order valence-electron chi connectivity index (χ1n) is 7.35. The number of rotatable bonds is 8. The molecule has 10 heteroatoms. The van der Waals surface area contributed by atoms with Crippen LogP contribution in [0.15, 0.2) is 9.64 Å². The summed E-state index contributed by atoms with van der Waals surface area (Å²) in [6, 6.07) is 0. The van der Waals surface area contributed by atoms with Gasteiger partial charge in [0.05, 0.1) is 23.4 Å². The number of sulfone groups is 1. The van der Waals surface area contributed by atoms with Crippen LogP contribution in [0.25, 0.3) is 0 Å². The molecule has 0 radical (unpaired) electrons. The van der Waals surface area contributed by atoms with Crippen molar-refractivity contribution < 1.29 is 22.4 Å². The molecule has 0 aliphatic carbocycles. The number of carbonyl (C=O) groups is 1. The van der Waals surface area contributed by atoms with E-state index in [1.807, 2.05) is 0 Å². The monoisotopic (exact) mass is 363 g/mol. The Morgan fingerprint density at radius 1 is 1.52 bits per heavy atom. The molecule has 1 N–H and O–H groups in total. The van der Waals surface area contributed by atoms with Crippen molar-refractivity contribution in [2.24, 2.45) is 5.92 Å². The second-order valence-corrected chi connectivity index (χ2v) is 9.00. The van der Waals surface area contributed by atoms with Crippen molar-refractivity contribution in [3.63, 3.8) is 0 Å². The number of hydrogen-bond acceptors (Lipinski definition) is 8. The average Bonchev–Trinajstić information content (AvgIpc) is 3.05. The Morgan fingerprint density at radius 2 is 2.30 bits per heavy atom. The lowest BCUT2D eigenvalue weighted by Gasteiger charge is -2.09. The van der Waals surface area contributed by atoms with Gasteiger partial charge in [-0.1, -0.05) is 11.8 Å². The van der Waals surface area contributed by atoms with Crippen LogP contribution in [0, 0.1) is 5.92 Å². The molecule has 0 aromatic carbocycles. The second-order valence-electron chi connectivity index (χ2n) is 5.48. The van der Waals surface area contributed by atoms with E-state index in [-0.39, 0.29) is 28.6 Å². The molecule has 1 aromatic rings. The number of ether oxygens (including phenoxy) is 1. The maximum absolute atomic E-state index is 11.8. The van der Waals surface area contributed by atoms with E-state index in [9.17, 15) is 13.2 Å². The Hall–Kier alpha value is -1.13. The molecular formula is C13H21N3O5S2. The molecule has 1 aliphatic heterocycles. The van der Waals surface area contributed by atoms with Gasteiger partial charge in [0.25, 0.3) is 5.22 Å². The van der Waals surface area contributed by atoms with Gasteiger partial charge in [0.2, 0.25) is 11.8 Å². The highest BCUT2D eigenvalue weighted by Gasteiger charge is 2.29. The highest BCUT2D eigenvalue weighted by atomic mass is 32.2. The third-order valence-electron chi connectivity index (χ3n) is 3.49. The normalized spacial score (nSPS) is 21.2. The number of amides is 1. The third kappa shape index (κ3) is 5.78. The van der Waals surface area contributed by atoms with Crippen LogP contribution in [0.4, 0.5) is 0 Å².